The van der Waals surface area contributed by atoms with Crippen molar-refractivity contribution in [1.29, 1.82) is 0 Å². The topological polar surface area (TPSA) is 113 Å². The van der Waals surface area contributed by atoms with E-state index in [2.05, 4.69) is 5.32 Å². The van der Waals surface area contributed by atoms with Crippen LogP contribution in [0.5, 0.6) is 5.75 Å². The third-order valence-electron chi connectivity index (χ3n) is 6.51. The Bertz CT molecular complexity index is 1490. The van der Waals surface area contributed by atoms with Crippen LogP contribution in [0.25, 0.3) is 11.1 Å². The molecule has 1 saturated heterocycles. The van der Waals surface area contributed by atoms with Gasteiger partial charge in [-0.2, -0.15) is 0 Å². The van der Waals surface area contributed by atoms with Gasteiger partial charge in [0.25, 0.3) is 11.8 Å². The lowest BCUT2D eigenvalue weighted by molar-refractivity contribution is -0.137. The normalized spacial score (nSPS) is 17.4. The molecule has 10 heteroatoms. The summed E-state index contributed by atoms with van der Waals surface area (Å²) in [6, 6.07) is 19.7. The van der Waals surface area contributed by atoms with Gasteiger partial charge in [-0.05, 0) is 47.5 Å². The average Bonchev–Trinajstić information content (AvgIpc) is 3.01. The second-order valence-corrected chi connectivity index (χ2v) is 11.0. The molecular formula is C27H25N3O6S. The van der Waals surface area contributed by atoms with Crippen LogP contribution in [-0.2, 0) is 19.4 Å². The lowest BCUT2D eigenvalue weighted by Gasteiger charge is -2.39. The fraction of sp³-hybridized carbons (Fsp3) is 0.222. The van der Waals surface area contributed by atoms with E-state index >= 15 is 0 Å². The second kappa shape index (κ2) is 9.70. The zero-order valence-corrected chi connectivity index (χ0v) is 20.9. The van der Waals surface area contributed by atoms with E-state index in [-0.39, 0.29) is 48.9 Å². The number of benzene rings is 3. The van der Waals surface area contributed by atoms with Crippen LogP contribution >= 0.6 is 0 Å². The smallest absolute Gasteiger partial charge is 0.260 e. The van der Waals surface area contributed by atoms with Gasteiger partial charge in [0.15, 0.2) is 16.4 Å². The van der Waals surface area contributed by atoms with Gasteiger partial charge in [0, 0.05) is 19.3 Å². The predicted molar refractivity (Wildman–Crippen MR) is 137 cm³/mol. The summed E-state index contributed by atoms with van der Waals surface area (Å²) in [6.07, 6.45) is 1.14. The Morgan fingerprint density at radius 3 is 2.49 bits per heavy atom. The van der Waals surface area contributed by atoms with Crippen molar-refractivity contribution in [3.8, 4) is 16.9 Å². The van der Waals surface area contributed by atoms with Gasteiger partial charge in [-0.1, -0.05) is 36.4 Å². The van der Waals surface area contributed by atoms with Crippen molar-refractivity contribution in [2.24, 2.45) is 0 Å². The van der Waals surface area contributed by atoms with E-state index in [0.717, 1.165) is 6.26 Å². The van der Waals surface area contributed by atoms with Crippen LogP contribution in [0.1, 0.15) is 10.4 Å². The summed E-state index contributed by atoms with van der Waals surface area (Å²) < 4.78 is 29.5. The quantitative estimate of drug-likeness (QED) is 0.554. The third kappa shape index (κ3) is 5.05. The highest BCUT2D eigenvalue weighted by Gasteiger charge is 2.40. The van der Waals surface area contributed by atoms with Crippen LogP contribution in [0.3, 0.4) is 0 Å². The highest BCUT2D eigenvalue weighted by Crippen LogP contribution is 2.31. The SMILES string of the molecule is CS(=O)(=O)c1cccc(-c2ccc3c(c2)C(=O)N2CCN(C(=O)COc4ccccc4)CC2C(=O)N3)c1. The van der Waals surface area contributed by atoms with Crippen molar-refractivity contribution in [1.82, 2.24) is 9.80 Å². The van der Waals surface area contributed by atoms with Crippen LogP contribution in [0.15, 0.2) is 77.7 Å². The first-order valence-electron chi connectivity index (χ1n) is 11.7. The molecule has 1 unspecified atom stereocenters. The van der Waals surface area contributed by atoms with Gasteiger partial charge in [0.2, 0.25) is 5.91 Å². The lowest BCUT2D eigenvalue weighted by atomic mass is 10.0. The molecule has 0 spiro atoms. The minimum atomic E-state index is -3.40. The largest absolute Gasteiger partial charge is 0.484 e. The average molecular weight is 520 g/mol. The summed E-state index contributed by atoms with van der Waals surface area (Å²) in [5, 5.41) is 2.82. The maximum Gasteiger partial charge on any atom is 0.260 e. The number of hydrogen-bond acceptors (Lipinski definition) is 6. The summed E-state index contributed by atoms with van der Waals surface area (Å²) in [5.74, 6) is -0.392. The number of nitrogens with zero attached hydrogens (tertiary/aromatic N) is 2. The third-order valence-corrected chi connectivity index (χ3v) is 7.62. The Morgan fingerprint density at radius 1 is 0.973 bits per heavy atom. The molecule has 0 aromatic heterocycles. The van der Waals surface area contributed by atoms with Gasteiger partial charge < -0.3 is 19.9 Å². The van der Waals surface area contributed by atoms with E-state index in [1.165, 1.54) is 15.9 Å². The monoisotopic (exact) mass is 519 g/mol. The molecule has 0 bridgehead atoms. The van der Waals surface area contributed by atoms with Gasteiger partial charge in [0.1, 0.15) is 11.8 Å². The molecule has 3 aromatic rings. The van der Waals surface area contributed by atoms with E-state index in [0.29, 0.717) is 28.1 Å². The number of fused-ring (bicyclic) bond motifs is 2. The van der Waals surface area contributed by atoms with Crippen molar-refractivity contribution in [2.75, 3.05) is 37.8 Å². The molecule has 0 radical (unpaired) electrons. The molecule has 3 amide bonds. The van der Waals surface area contributed by atoms with Crippen LogP contribution in [0.4, 0.5) is 5.69 Å². The van der Waals surface area contributed by atoms with Gasteiger partial charge in [-0.15, -0.1) is 0 Å². The number of carbonyl (C=O) groups excluding carboxylic acids is 3. The first kappa shape index (κ1) is 24.5. The molecule has 1 atom stereocenters. The summed E-state index contributed by atoms with van der Waals surface area (Å²) >= 11 is 0. The number of rotatable bonds is 5. The van der Waals surface area contributed by atoms with Crippen molar-refractivity contribution < 1.29 is 27.5 Å². The summed E-state index contributed by atoms with van der Waals surface area (Å²) in [4.78, 5) is 42.6. The van der Waals surface area contributed by atoms with Gasteiger partial charge in [0.05, 0.1) is 22.7 Å². The summed E-state index contributed by atoms with van der Waals surface area (Å²) in [6.45, 7) is 0.368. The number of sulfone groups is 1. The minimum Gasteiger partial charge on any atom is -0.484 e. The van der Waals surface area contributed by atoms with E-state index in [1.807, 2.05) is 18.2 Å². The van der Waals surface area contributed by atoms with Gasteiger partial charge in [-0.25, -0.2) is 8.42 Å². The second-order valence-electron chi connectivity index (χ2n) is 9.01. The molecular weight excluding hydrogens is 494 g/mol. The first-order valence-corrected chi connectivity index (χ1v) is 13.6. The number of ether oxygens (including phenoxy) is 1. The van der Waals surface area contributed by atoms with Gasteiger partial charge in [-0.3, -0.25) is 14.4 Å². The van der Waals surface area contributed by atoms with Crippen molar-refractivity contribution in [3.05, 3.63) is 78.4 Å². The van der Waals surface area contributed by atoms with E-state index in [1.54, 1.807) is 48.5 Å². The molecule has 0 saturated carbocycles. The van der Waals surface area contributed by atoms with E-state index in [9.17, 15) is 22.8 Å². The summed E-state index contributed by atoms with van der Waals surface area (Å²) in [7, 11) is -3.40. The molecule has 3 aromatic carbocycles. The molecule has 2 aliphatic rings. The first-order chi connectivity index (χ1) is 17.7. The zero-order valence-electron chi connectivity index (χ0n) is 20.1. The Kier molecular flexibility index (Phi) is 6.43. The standard InChI is InChI=1S/C27H25N3O6S/c1-37(34,35)21-9-5-6-18(14-21)19-10-11-23-22(15-19)27(33)30-13-12-29(16-24(30)26(32)28-23)25(31)17-36-20-7-3-2-4-8-20/h2-11,14-15,24H,12-13,16-17H2,1H3,(H,28,32). The van der Waals surface area contributed by atoms with Crippen molar-refractivity contribution in [3.63, 3.8) is 0 Å². The maximum atomic E-state index is 13.5. The number of para-hydroxylation sites is 1. The fourth-order valence-electron chi connectivity index (χ4n) is 4.52. The lowest BCUT2D eigenvalue weighted by Crippen LogP contribution is -2.60. The number of hydrogen-bond donors (Lipinski definition) is 1. The summed E-state index contributed by atoms with van der Waals surface area (Å²) in [5.41, 5.74) is 1.97. The number of carbonyl (C=O) groups is 3. The molecule has 37 heavy (non-hydrogen) atoms. The maximum absolute atomic E-state index is 13.5. The van der Waals surface area contributed by atoms with Crippen molar-refractivity contribution >= 4 is 33.2 Å². The van der Waals surface area contributed by atoms with Crippen LogP contribution in [-0.4, -0.2) is 74.5 Å². The molecule has 5 rings (SSSR count). The molecule has 0 aliphatic carbocycles. The Labute approximate surface area is 214 Å². The molecule has 2 heterocycles. The van der Waals surface area contributed by atoms with Gasteiger partial charge >= 0.3 is 0 Å². The van der Waals surface area contributed by atoms with Crippen LogP contribution in [0.2, 0.25) is 0 Å². The molecule has 2 aliphatic heterocycles. The predicted octanol–water partition coefficient (Wildman–Crippen LogP) is 2.44. The van der Waals surface area contributed by atoms with Crippen LogP contribution in [0, 0.1) is 0 Å². The number of nitrogens with one attached hydrogen (secondary N) is 1. The highest BCUT2D eigenvalue weighted by molar-refractivity contribution is 7.90. The molecule has 1 fully saturated rings. The Balaban J connectivity index is 1.35. The van der Waals surface area contributed by atoms with Crippen LogP contribution < -0.4 is 10.1 Å². The number of anilines is 1. The van der Waals surface area contributed by atoms with E-state index in [4.69, 9.17) is 4.74 Å². The molecule has 9 nitrogen and oxygen atoms in total. The zero-order chi connectivity index (χ0) is 26.2. The molecule has 190 valence electrons. The van der Waals surface area contributed by atoms with Crippen molar-refractivity contribution in [2.45, 2.75) is 10.9 Å². The molecule has 1 N–H and O–H groups in total. The van der Waals surface area contributed by atoms with E-state index < -0.39 is 15.9 Å². The Hall–Kier alpha value is -4.18. The fourth-order valence-corrected chi connectivity index (χ4v) is 5.18. The highest BCUT2D eigenvalue weighted by atomic mass is 32.2. The minimum absolute atomic E-state index is 0.0613. The Morgan fingerprint density at radius 2 is 1.73 bits per heavy atom. The number of amides is 3. The number of piperazine rings is 1.